The summed E-state index contributed by atoms with van der Waals surface area (Å²) in [7, 11) is 0. The number of aromatic nitrogens is 2. The number of nitriles is 1. The molecule has 0 aliphatic carbocycles. The van der Waals surface area contributed by atoms with Gasteiger partial charge in [0, 0.05) is 24.2 Å². The highest BCUT2D eigenvalue weighted by Crippen LogP contribution is 2.33. The molecule has 2 heterocycles. The van der Waals surface area contributed by atoms with Gasteiger partial charge in [-0.05, 0) is 61.3 Å². The van der Waals surface area contributed by atoms with E-state index in [1.807, 2.05) is 44.2 Å². The van der Waals surface area contributed by atoms with E-state index in [-0.39, 0.29) is 12.0 Å². The van der Waals surface area contributed by atoms with E-state index >= 15 is 0 Å². The Hall–Kier alpha value is -4.22. The predicted octanol–water partition coefficient (Wildman–Crippen LogP) is 5.12. The number of nitrogens with zero attached hydrogens (tertiary/aromatic N) is 4. The molecule has 1 aromatic heterocycles. The highest BCUT2D eigenvalue weighted by molar-refractivity contribution is 5.97. The van der Waals surface area contributed by atoms with E-state index in [2.05, 4.69) is 27.2 Å². The zero-order valence-electron chi connectivity index (χ0n) is 20.1. The van der Waals surface area contributed by atoms with Gasteiger partial charge < -0.3 is 14.4 Å². The summed E-state index contributed by atoms with van der Waals surface area (Å²) in [5.41, 5.74) is 3.02. The van der Waals surface area contributed by atoms with E-state index in [9.17, 15) is 15.2 Å². The highest BCUT2D eigenvalue weighted by atomic mass is 16.5. The van der Waals surface area contributed by atoms with Crippen molar-refractivity contribution in [2.75, 3.05) is 13.1 Å². The Bertz CT molecular complexity index is 1470. The van der Waals surface area contributed by atoms with Crippen molar-refractivity contribution in [2.24, 2.45) is 5.92 Å². The molecule has 8 heteroatoms. The Balaban J connectivity index is 1.45. The minimum atomic E-state index is -0.727. The van der Waals surface area contributed by atoms with Gasteiger partial charge in [-0.1, -0.05) is 41.6 Å². The fourth-order valence-corrected chi connectivity index (χ4v) is 4.67. The fourth-order valence-electron chi connectivity index (χ4n) is 4.67. The van der Waals surface area contributed by atoms with Crippen molar-refractivity contribution in [1.82, 2.24) is 15.0 Å². The van der Waals surface area contributed by atoms with Crippen LogP contribution in [0, 0.1) is 17.2 Å². The molecular formula is C28H26N4O4. The van der Waals surface area contributed by atoms with Crippen molar-refractivity contribution >= 4 is 16.7 Å². The maximum atomic E-state index is 11.3. The number of carboxylic acid groups (broad SMARTS) is 1. The van der Waals surface area contributed by atoms with Crippen LogP contribution in [0.25, 0.3) is 33.6 Å². The lowest BCUT2D eigenvalue weighted by atomic mass is 9.98. The molecule has 8 nitrogen and oxygen atoms in total. The van der Waals surface area contributed by atoms with Crippen LogP contribution in [0.3, 0.4) is 0 Å². The molecule has 0 amide bonds. The van der Waals surface area contributed by atoms with E-state index < -0.39 is 5.97 Å². The Labute approximate surface area is 208 Å². The lowest BCUT2D eigenvalue weighted by Gasteiger charge is -2.17. The molecule has 1 aliphatic rings. The second-order valence-electron chi connectivity index (χ2n) is 9.29. The van der Waals surface area contributed by atoms with Crippen molar-refractivity contribution in [3.05, 3.63) is 65.7 Å². The number of likely N-dealkylation sites (tertiary alicyclic amines) is 1. The zero-order valence-corrected chi connectivity index (χ0v) is 20.1. The van der Waals surface area contributed by atoms with Gasteiger partial charge in [0.05, 0.1) is 17.6 Å². The monoisotopic (exact) mass is 482 g/mol. The van der Waals surface area contributed by atoms with Gasteiger partial charge in [0.25, 0.3) is 5.89 Å². The van der Waals surface area contributed by atoms with E-state index in [4.69, 9.17) is 9.26 Å². The van der Waals surface area contributed by atoms with Gasteiger partial charge in [-0.15, -0.1) is 0 Å². The molecule has 0 bridgehead atoms. The smallest absolute Gasteiger partial charge is 0.307 e. The first-order chi connectivity index (χ1) is 17.4. The average molecular weight is 483 g/mol. The maximum absolute atomic E-state index is 11.3. The summed E-state index contributed by atoms with van der Waals surface area (Å²) >= 11 is 0. The van der Waals surface area contributed by atoms with E-state index in [0.29, 0.717) is 48.1 Å². The summed E-state index contributed by atoms with van der Waals surface area (Å²) in [4.78, 5) is 18.2. The second-order valence-corrected chi connectivity index (χ2v) is 9.29. The second kappa shape index (κ2) is 9.80. The topological polar surface area (TPSA) is 112 Å². The summed E-state index contributed by atoms with van der Waals surface area (Å²) in [6.07, 6.45) is 0.632. The van der Waals surface area contributed by atoms with Crippen molar-refractivity contribution in [3.8, 4) is 34.7 Å². The molecule has 3 aromatic carbocycles. The van der Waals surface area contributed by atoms with E-state index in [0.717, 1.165) is 28.4 Å². The van der Waals surface area contributed by atoms with Crippen LogP contribution < -0.4 is 4.74 Å². The lowest BCUT2D eigenvalue weighted by Crippen LogP contribution is -2.22. The molecule has 182 valence electrons. The molecule has 1 unspecified atom stereocenters. The Morgan fingerprint density at radius 2 is 2.03 bits per heavy atom. The van der Waals surface area contributed by atoms with Crippen LogP contribution in [0.15, 0.2) is 59.1 Å². The number of aliphatic carboxylic acids is 1. The number of benzene rings is 3. The molecular weight excluding hydrogens is 456 g/mol. The van der Waals surface area contributed by atoms with E-state index in [1.54, 1.807) is 18.2 Å². The van der Waals surface area contributed by atoms with Crippen molar-refractivity contribution in [2.45, 2.75) is 32.9 Å². The van der Waals surface area contributed by atoms with Gasteiger partial charge in [0.2, 0.25) is 5.82 Å². The molecule has 1 saturated heterocycles. The first-order valence-corrected chi connectivity index (χ1v) is 11.9. The van der Waals surface area contributed by atoms with Crippen LogP contribution in [0.2, 0.25) is 0 Å². The van der Waals surface area contributed by atoms with Crippen molar-refractivity contribution < 1.29 is 19.2 Å². The summed E-state index contributed by atoms with van der Waals surface area (Å²) in [5, 5.41) is 25.2. The van der Waals surface area contributed by atoms with Crippen LogP contribution >= 0.6 is 0 Å². The van der Waals surface area contributed by atoms with Crippen molar-refractivity contribution in [1.29, 1.82) is 5.26 Å². The van der Waals surface area contributed by atoms with Gasteiger partial charge in [-0.2, -0.15) is 10.2 Å². The number of fused-ring (bicyclic) bond motifs is 1. The number of rotatable bonds is 7. The van der Waals surface area contributed by atoms with Crippen molar-refractivity contribution in [3.63, 3.8) is 0 Å². The zero-order chi connectivity index (χ0) is 25.2. The molecule has 1 aliphatic heterocycles. The summed E-state index contributed by atoms with van der Waals surface area (Å²) in [5.74, 6) is 0.268. The third kappa shape index (κ3) is 4.66. The number of carbonyl (C=O) groups is 1. The summed E-state index contributed by atoms with van der Waals surface area (Å²) < 4.78 is 11.3. The Morgan fingerprint density at radius 1 is 1.22 bits per heavy atom. The third-order valence-electron chi connectivity index (χ3n) is 6.41. The van der Waals surface area contributed by atoms with Crippen LogP contribution in [0.4, 0.5) is 0 Å². The van der Waals surface area contributed by atoms with Gasteiger partial charge >= 0.3 is 5.97 Å². The fraction of sp³-hybridized carbons (Fsp3) is 0.286. The molecule has 1 atom stereocenters. The molecule has 0 saturated carbocycles. The Morgan fingerprint density at radius 3 is 2.75 bits per heavy atom. The third-order valence-corrected chi connectivity index (χ3v) is 6.41. The quantitative estimate of drug-likeness (QED) is 0.386. The molecule has 0 spiro atoms. The van der Waals surface area contributed by atoms with Gasteiger partial charge in [-0.3, -0.25) is 9.69 Å². The molecule has 1 N–H and O–H groups in total. The van der Waals surface area contributed by atoms with Crippen LogP contribution in [0.5, 0.6) is 5.75 Å². The normalized spacial score (nSPS) is 15.9. The van der Waals surface area contributed by atoms with Crippen LogP contribution in [0.1, 0.15) is 31.4 Å². The highest BCUT2D eigenvalue weighted by Gasteiger charge is 2.28. The first-order valence-electron chi connectivity index (χ1n) is 11.9. The standard InChI is InChI=1S/C28H26N4O4/c1-17(2)35-25-10-8-18(13-21(25)14-29)27-30-26(31-36-27)24-9-7-19(22-5-3-4-6-23(22)24)15-32-12-11-20(16-32)28(33)34/h3-10,13,17,20H,11-12,15-16H2,1-2H3,(H,33,34). The summed E-state index contributed by atoms with van der Waals surface area (Å²) in [6, 6.07) is 19.5. The number of hydrogen-bond donors (Lipinski definition) is 1. The summed E-state index contributed by atoms with van der Waals surface area (Å²) in [6.45, 7) is 5.84. The van der Waals surface area contributed by atoms with E-state index in [1.165, 1.54) is 0 Å². The molecule has 1 fully saturated rings. The minimum Gasteiger partial charge on any atom is -0.490 e. The van der Waals surface area contributed by atoms with Gasteiger partial charge in [-0.25, -0.2) is 0 Å². The number of carboxylic acids is 1. The first kappa shape index (κ1) is 23.5. The average Bonchev–Trinajstić information content (AvgIpc) is 3.55. The maximum Gasteiger partial charge on any atom is 0.307 e. The minimum absolute atomic E-state index is 0.0433. The van der Waals surface area contributed by atoms with Gasteiger partial charge in [0.15, 0.2) is 0 Å². The van der Waals surface area contributed by atoms with Crippen LogP contribution in [-0.2, 0) is 11.3 Å². The molecule has 4 aromatic rings. The molecule has 5 rings (SSSR count). The lowest BCUT2D eigenvalue weighted by molar-refractivity contribution is -0.141. The molecule has 36 heavy (non-hydrogen) atoms. The SMILES string of the molecule is CC(C)Oc1ccc(-c2nc(-c3ccc(CN4CCC(C(=O)O)C4)c4ccccc34)no2)cc1C#N. The Kier molecular flexibility index (Phi) is 6.40. The van der Waals surface area contributed by atoms with Crippen LogP contribution in [-0.4, -0.2) is 45.3 Å². The predicted molar refractivity (Wildman–Crippen MR) is 134 cm³/mol. The number of hydrogen-bond acceptors (Lipinski definition) is 7. The number of ether oxygens (including phenoxy) is 1. The largest absolute Gasteiger partial charge is 0.490 e. The van der Waals surface area contributed by atoms with Gasteiger partial charge in [0.1, 0.15) is 11.8 Å². The molecule has 0 radical (unpaired) electrons.